The van der Waals surface area contributed by atoms with E-state index in [-0.39, 0.29) is 24.4 Å². The van der Waals surface area contributed by atoms with E-state index in [0.717, 1.165) is 0 Å². The van der Waals surface area contributed by atoms with Gasteiger partial charge in [0.15, 0.2) is 5.90 Å². The number of hydrogen-bond donors (Lipinski definition) is 3. The molecule has 0 amide bonds. The molecule has 0 aliphatic carbocycles. The Balaban J connectivity index is 2.88. The quantitative estimate of drug-likeness (QED) is 0.288. The van der Waals surface area contributed by atoms with E-state index >= 15 is 0 Å². The largest absolute Gasteiger partial charge is 0.484 e. The summed E-state index contributed by atoms with van der Waals surface area (Å²) in [7, 11) is 1.28. The van der Waals surface area contributed by atoms with Gasteiger partial charge in [-0.25, -0.2) is 0 Å². The van der Waals surface area contributed by atoms with Gasteiger partial charge in [-0.2, -0.15) is 0 Å². The standard InChI is InChI=1S/C14H18N2O6/c1-22-13(15)11(8-17)7-10(14(18)19)5-9-3-2-4-12(6-9)16(20)21/h2-4,6,10-11,15,17H,5,7-8H2,1H3,(H,18,19). The zero-order valence-corrected chi connectivity index (χ0v) is 12.1. The number of non-ortho nitro benzene ring substituents is 1. The van der Waals surface area contributed by atoms with Gasteiger partial charge in [-0.15, -0.1) is 0 Å². The fraction of sp³-hybridized carbons (Fsp3) is 0.429. The zero-order valence-electron chi connectivity index (χ0n) is 12.1. The van der Waals surface area contributed by atoms with E-state index in [9.17, 15) is 25.1 Å². The Hall–Kier alpha value is -2.48. The van der Waals surface area contributed by atoms with Gasteiger partial charge in [0.25, 0.3) is 5.69 Å². The van der Waals surface area contributed by atoms with Crippen molar-refractivity contribution in [1.29, 1.82) is 5.41 Å². The number of nitrogens with zero attached hydrogens (tertiary/aromatic N) is 1. The molecule has 0 saturated heterocycles. The summed E-state index contributed by atoms with van der Waals surface area (Å²) in [6.45, 7) is -0.397. The molecule has 120 valence electrons. The molecular weight excluding hydrogens is 292 g/mol. The Kier molecular flexibility index (Phi) is 6.46. The van der Waals surface area contributed by atoms with Gasteiger partial charge in [-0.1, -0.05) is 12.1 Å². The Morgan fingerprint density at radius 3 is 2.64 bits per heavy atom. The highest BCUT2D eigenvalue weighted by molar-refractivity contribution is 5.77. The minimum absolute atomic E-state index is 0.0151. The van der Waals surface area contributed by atoms with E-state index in [1.165, 1.54) is 25.3 Å². The number of ether oxygens (including phenoxy) is 1. The third-order valence-electron chi connectivity index (χ3n) is 3.33. The van der Waals surface area contributed by atoms with Crippen LogP contribution in [0, 0.1) is 27.4 Å². The van der Waals surface area contributed by atoms with Crippen molar-refractivity contribution in [3.05, 3.63) is 39.9 Å². The first-order valence-electron chi connectivity index (χ1n) is 6.58. The predicted octanol–water partition coefficient (Wildman–Crippen LogP) is 1.46. The summed E-state index contributed by atoms with van der Waals surface area (Å²) >= 11 is 0. The van der Waals surface area contributed by atoms with Gasteiger partial charge in [-0.3, -0.25) is 20.3 Å². The number of rotatable bonds is 8. The van der Waals surface area contributed by atoms with Crippen molar-refractivity contribution in [3.63, 3.8) is 0 Å². The maximum Gasteiger partial charge on any atom is 0.306 e. The Morgan fingerprint density at radius 2 is 2.14 bits per heavy atom. The van der Waals surface area contributed by atoms with Crippen LogP contribution in [0.25, 0.3) is 0 Å². The summed E-state index contributed by atoms with van der Waals surface area (Å²) in [5, 5.41) is 36.8. The number of aliphatic hydroxyl groups excluding tert-OH is 1. The fourth-order valence-electron chi connectivity index (χ4n) is 2.13. The van der Waals surface area contributed by atoms with Crippen molar-refractivity contribution in [2.45, 2.75) is 12.8 Å². The Labute approximate surface area is 127 Å². The highest BCUT2D eigenvalue weighted by Crippen LogP contribution is 2.21. The number of nitrogens with one attached hydrogen (secondary N) is 1. The molecule has 0 aliphatic heterocycles. The number of aliphatic carboxylic acids is 1. The fourth-order valence-corrected chi connectivity index (χ4v) is 2.13. The van der Waals surface area contributed by atoms with Crippen LogP contribution < -0.4 is 0 Å². The summed E-state index contributed by atoms with van der Waals surface area (Å²) in [6.07, 6.45) is 0.0890. The molecule has 0 heterocycles. The smallest absolute Gasteiger partial charge is 0.306 e. The van der Waals surface area contributed by atoms with Crippen LogP contribution in [0.4, 0.5) is 5.69 Å². The molecule has 2 unspecified atom stereocenters. The molecule has 1 rings (SSSR count). The van der Waals surface area contributed by atoms with Crippen molar-refractivity contribution in [2.24, 2.45) is 11.8 Å². The molecule has 8 heteroatoms. The van der Waals surface area contributed by atoms with Crippen molar-refractivity contribution >= 4 is 17.6 Å². The molecule has 0 saturated carbocycles. The average Bonchev–Trinajstić information content (AvgIpc) is 2.50. The molecule has 2 atom stereocenters. The molecule has 0 fully saturated rings. The van der Waals surface area contributed by atoms with E-state index in [1.54, 1.807) is 6.07 Å². The predicted molar refractivity (Wildman–Crippen MR) is 77.9 cm³/mol. The number of carboxylic acids is 1. The second kappa shape index (κ2) is 8.08. The summed E-state index contributed by atoms with van der Waals surface area (Å²) in [6, 6.07) is 5.76. The van der Waals surface area contributed by atoms with Gasteiger partial charge < -0.3 is 14.9 Å². The topological polar surface area (TPSA) is 134 Å². The van der Waals surface area contributed by atoms with Crippen molar-refractivity contribution in [2.75, 3.05) is 13.7 Å². The average molecular weight is 310 g/mol. The van der Waals surface area contributed by atoms with Crippen LogP contribution in [0.5, 0.6) is 0 Å². The van der Waals surface area contributed by atoms with Crippen LogP contribution in [0.2, 0.25) is 0 Å². The summed E-state index contributed by atoms with van der Waals surface area (Å²) in [4.78, 5) is 21.5. The summed E-state index contributed by atoms with van der Waals surface area (Å²) in [5.74, 6) is -2.87. The number of aliphatic hydroxyl groups is 1. The molecule has 22 heavy (non-hydrogen) atoms. The lowest BCUT2D eigenvalue weighted by atomic mass is 9.89. The lowest BCUT2D eigenvalue weighted by Gasteiger charge is -2.19. The molecule has 0 spiro atoms. The van der Waals surface area contributed by atoms with Gasteiger partial charge in [0.1, 0.15) is 0 Å². The van der Waals surface area contributed by atoms with E-state index in [1.807, 2.05) is 0 Å². The normalized spacial score (nSPS) is 13.2. The second-order valence-corrected chi connectivity index (χ2v) is 4.85. The number of hydrogen-bond acceptors (Lipinski definition) is 6. The Morgan fingerprint density at radius 1 is 1.45 bits per heavy atom. The van der Waals surface area contributed by atoms with Crippen molar-refractivity contribution < 1.29 is 24.7 Å². The van der Waals surface area contributed by atoms with E-state index < -0.39 is 29.3 Å². The maximum atomic E-state index is 11.4. The lowest BCUT2D eigenvalue weighted by Crippen LogP contribution is -2.27. The molecule has 0 radical (unpaired) electrons. The molecule has 0 aliphatic rings. The van der Waals surface area contributed by atoms with Crippen LogP contribution in [0.3, 0.4) is 0 Å². The Bertz CT molecular complexity index is 560. The molecule has 8 nitrogen and oxygen atoms in total. The van der Waals surface area contributed by atoms with E-state index in [0.29, 0.717) is 5.56 Å². The van der Waals surface area contributed by atoms with Crippen LogP contribution in [-0.2, 0) is 16.0 Å². The number of benzene rings is 1. The van der Waals surface area contributed by atoms with E-state index in [4.69, 9.17) is 10.1 Å². The summed E-state index contributed by atoms with van der Waals surface area (Å²) < 4.78 is 4.73. The third kappa shape index (κ3) is 4.81. The first kappa shape index (κ1) is 17.6. The molecule has 0 bridgehead atoms. The van der Waals surface area contributed by atoms with Crippen LogP contribution >= 0.6 is 0 Å². The van der Waals surface area contributed by atoms with Gasteiger partial charge in [0.2, 0.25) is 0 Å². The third-order valence-corrected chi connectivity index (χ3v) is 3.33. The number of carboxylic acid groups (broad SMARTS) is 1. The number of nitro groups is 1. The monoisotopic (exact) mass is 310 g/mol. The van der Waals surface area contributed by atoms with Gasteiger partial charge >= 0.3 is 5.97 Å². The van der Waals surface area contributed by atoms with Crippen LogP contribution in [0.1, 0.15) is 12.0 Å². The van der Waals surface area contributed by atoms with E-state index in [2.05, 4.69) is 0 Å². The molecule has 0 aromatic heterocycles. The first-order chi connectivity index (χ1) is 10.4. The van der Waals surface area contributed by atoms with Crippen molar-refractivity contribution in [1.82, 2.24) is 0 Å². The van der Waals surface area contributed by atoms with Crippen LogP contribution in [0.15, 0.2) is 24.3 Å². The maximum absolute atomic E-state index is 11.4. The van der Waals surface area contributed by atoms with Gasteiger partial charge in [-0.05, 0) is 18.4 Å². The minimum Gasteiger partial charge on any atom is -0.484 e. The molecular formula is C14H18N2O6. The van der Waals surface area contributed by atoms with Gasteiger partial charge in [0, 0.05) is 12.1 Å². The number of nitro benzene ring substituents is 1. The minimum atomic E-state index is -1.09. The molecule has 1 aromatic carbocycles. The highest BCUT2D eigenvalue weighted by atomic mass is 16.6. The SMILES string of the molecule is COC(=N)C(CO)CC(Cc1cccc([N+](=O)[O-])c1)C(=O)O. The lowest BCUT2D eigenvalue weighted by molar-refractivity contribution is -0.384. The second-order valence-electron chi connectivity index (χ2n) is 4.85. The summed E-state index contributed by atoms with van der Waals surface area (Å²) in [5.41, 5.74) is 0.409. The van der Waals surface area contributed by atoms with Crippen molar-refractivity contribution in [3.8, 4) is 0 Å². The number of carbonyl (C=O) groups is 1. The molecule has 3 N–H and O–H groups in total. The first-order valence-corrected chi connectivity index (χ1v) is 6.58. The zero-order chi connectivity index (χ0) is 16.7. The molecule has 1 aromatic rings. The number of methoxy groups -OCH3 is 1. The van der Waals surface area contributed by atoms with Crippen LogP contribution in [-0.4, -0.2) is 40.7 Å². The highest BCUT2D eigenvalue weighted by Gasteiger charge is 2.26. The van der Waals surface area contributed by atoms with Gasteiger partial charge in [0.05, 0.1) is 30.5 Å².